The Bertz CT molecular complexity index is 563. The van der Waals surface area contributed by atoms with Gasteiger partial charge in [0.05, 0.1) is 0 Å². The van der Waals surface area contributed by atoms with E-state index in [0.29, 0.717) is 18.5 Å². The minimum absolute atomic E-state index is 0.312. The molecule has 2 heterocycles. The zero-order valence-electron chi connectivity index (χ0n) is 11.2. The normalized spacial score (nSPS) is 18.7. The number of nitrogens with one attached hydrogen (secondary N) is 3. The van der Waals surface area contributed by atoms with Crippen molar-refractivity contribution in [3.05, 3.63) is 33.7 Å². The minimum atomic E-state index is -4.64. The molecule has 1 aromatic rings. The minimum Gasteiger partial charge on any atom is -0.352 e. The second kappa shape index (κ2) is 6.30. The zero-order valence-corrected chi connectivity index (χ0v) is 11.2. The molecule has 5 nitrogen and oxygen atoms in total. The van der Waals surface area contributed by atoms with Crippen molar-refractivity contribution in [3.63, 3.8) is 0 Å². The number of hydrogen-bond donors (Lipinski definition) is 3. The largest absolute Gasteiger partial charge is 0.431 e. The van der Waals surface area contributed by atoms with Crippen molar-refractivity contribution in [2.75, 3.05) is 19.6 Å². The van der Waals surface area contributed by atoms with Gasteiger partial charge in [-0.25, -0.2) is 0 Å². The summed E-state index contributed by atoms with van der Waals surface area (Å²) in [5, 5.41) is 5.75. The van der Waals surface area contributed by atoms with E-state index >= 15 is 0 Å². The third kappa shape index (κ3) is 4.07. The lowest BCUT2D eigenvalue weighted by atomic mass is 10.1. The van der Waals surface area contributed by atoms with Gasteiger partial charge >= 0.3 is 6.18 Å². The van der Waals surface area contributed by atoms with Crippen LogP contribution in [0.25, 0.3) is 0 Å². The molecular weight excluding hydrogens is 287 g/mol. The van der Waals surface area contributed by atoms with Gasteiger partial charge in [0.15, 0.2) is 0 Å². The van der Waals surface area contributed by atoms with Crippen LogP contribution in [0.3, 0.4) is 0 Å². The quantitative estimate of drug-likeness (QED) is 0.780. The molecule has 0 bridgehead atoms. The summed E-state index contributed by atoms with van der Waals surface area (Å²) < 4.78 is 37.2. The average Bonchev–Trinajstić information content (AvgIpc) is 2.90. The first-order chi connectivity index (χ1) is 9.88. The van der Waals surface area contributed by atoms with Crippen molar-refractivity contribution in [1.82, 2.24) is 15.6 Å². The summed E-state index contributed by atoms with van der Waals surface area (Å²) in [6.45, 7) is 2.25. The first-order valence-electron chi connectivity index (χ1n) is 6.67. The lowest BCUT2D eigenvalue weighted by Gasteiger charge is -2.10. The predicted octanol–water partition coefficient (Wildman–Crippen LogP) is 1.12. The fourth-order valence-corrected chi connectivity index (χ4v) is 2.26. The molecule has 0 aromatic carbocycles. The van der Waals surface area contributed by atoms with Gasteiger partial charge < -0.3 is 15.6 Å². The van der Waals surface area contributed by atoms with Crippen LogP contribution in [0.4, 0.5) is 13.2 Å². The van der Waals surface area contributed by atoms with Crippen LogP contribution in [0.1, 0.15) is 28.9 Å². The molecule has 8 heteroatoms. The maximum absolute atomic E-state index is 12.4. The topological polar surface area (TPSA) is 74.0 Å². The zero-order chi connectivity index (χ0) is 15.5. The summed E-state index contributed by atoms with van der Waals surface area (Å²) in [5.41, 5.74) is -2.52. The Hall–Kier alpha value is -1.83. The molecule has 1 atom stereocenters. The van der Waals surface area contributed by atoms with E-state index in [2.05, 4.69) is 10.6 Å². The third-order valence-corrected chi connectivity index (χ3v) is 3.46. The number of rotatable bonds is 4. The van der Waals surface area contributed by atoms with Crippen LogP contribution in [0.2, 0.25) is 0 Å². The number of carbonyl (C=O) groups is 1. The molecular formula is C13H16F3N3O2. The standard InChI is InChI=1S/C13H16F3N3O2/c14-13(15,16)10-2-1-9(12(21)19-10)11(20)18-6-4-8-3-5-17-7-8/h1-2,8,17H,3-7H2,(H,18,20)(H,19,21). The van der Waals surface area contributed by atoms with Crippen LogP contribution in [0.5, 0.6) is 0 Å². The third-order valence-electron chi connectivity index (χ3n) is 3.46. The first-order valence-corrected chi connectivity index (χ1v) is 6.67. The average molecular weight is 303 g/mol. The molecule has 1 amide bonds. The van der Waals surface area contributed by atoms with E-state index in [1.807, 2.05) is 0 Å². The highest BCUT2D eigenvalue weighted by Gasteiger charge is 2.32. The van der Waals surface area contributed by atoms with Crippen LogP contribution < -0.4 is 16.2 Å². The molecule has 0 radical (unpaired) electrons. The van der Waals surface area contributed by atoms with Gasteiger partial charge in [-0.1, -0.05) is 0 Å². The second-order valence-corrected chi connectivity index (χ2v) is 5.02. The van der Waals surface area contributed by atoms with E-state index in [9.17, 15) is 22.8 Å². The Morgan fingerprint density at radius 2 is 2.14 bits per heavy atom. The Labute approximate surface area is 118 Å². The summed E-state index contributed by atoms with van der Waals surface area (Å²) in [6.07, 6.45) is -2.82. The van der Waals surface area contributed by atoms with Gasteiger partial charge in [0.1, 0.15) is 11.3 Å². The van der Waals surface area contributed by atoms with Gasteiger partial charge in [0, 0.05) is 6.54 Å². The highest BCUT2D eigenvalue weighted by molar-refractivity contribution is 5.93. The van der Waals surface area contributed by atoms with Crippen LogP contribution in [-0.2, 0) is 6.18 Å². The van der Waals surface area contributed by atoms with E-state index in [1.165, 1.54) is 0 Å². The molecule has 0 aliphatic carbocycles. The lowest BCUT2D eigenvalue weighted by molar-refractivity contribution is -0.141. The Morgan fingerprint density at radius 3 is 2.71 bits per heavy atom. The molecule has 1 unspecified atom stereocenters. The summed E-state index contributed by atoms with van der Waals surface area (Å²) >= 11 is 0. The maximum atomic E-state index is 12.4. The Balaban J connectivity index is 1.94. The highest BCUT2D eigenvalue weighted by Crippen LogP contribution is 2.26. The van der Waals surface area contributed by atoms with Crippen molar-refractivity contribution in [2.24, 2.45) is 5.92 Å². The van der Waals surface area contributed by atoms with E-state index in [1.54, 1.807) is 4.98 Å². The summed E-state index contributed by atoms with van der Waals surface area (Å²) in [6, 6.07) is 1.59. The van der Waals surface area contributed by atoms with Gasteiger partial charge in [0.25, 0.3) is 11.5 Å². The molecule has 2 rings (SSSR count). The summed E-state index contributed by atoms with van der Waals surface area (Å²) in [7, 11) is 0. The second-order valence-electron chi connectivity index (χ2n) is 5.02. The van der Waals surface area contributed by atoms with Crippen molar-refractivity contribution >= 4 is 5.91 Å². The van der Waals surface area contributed by atoms with E-state index in [-0.39, 0.29) is 5.56 Å². The van der Waals surface area contributed by atoms with E-state index in [4.69, 9.17) is 0 Å². The number of aromatic amines is 1. The van der Waals surface area contributed by atoms with Crippen molar-refractivity contribution < 1.29 is 18.0 Å². The van der Waals surface area contributed by atoms with Crippen molar-refractivity contribution in [3.8, 4) is 0 Å². The van der Waals surface area contributed by atoms with Gasteiger partial charge in [-0.15, -0.1) is 0 Å². The lowest BCUT2D eigenvalue weighted by Crippen LogP contribution is -2.32. The Kier molecular flexibility index (Phi) is 4.66. The number of alkyl halides is 3. The fourth-order valence-electron chi connectivity index (χ4n) is 2.26. The number of carbonyl (C=O) groups excluding carboxylic acids is 1. The number of pyridine rings is 1. The number of H-pyrrole nitrogens is 1. The maximum Gasteiger partial charge on any atom is 0.431 e. The predicted molar refractivity (Wildman–Crippen MR) is 70.0 cm³/mol. The molecule has 1 aliphatic heterocycles. The number of amides is 1. The van der Waals surface area contributed by atoms with Crippen molar-refractivity contribution in [1.29, 1.82) is 0 Å². The molecule has 1 aromatic heterocycles. The molecule has 116 valence electrons. The van der Waals surface area contributed by atoms with E-state index in [0.717, 1.165) is 32.0 Å². The van der Waals surface area contributed by atoms with Gasteiger partial charge in [-0.2, -0.15) is 13.2 Å². The molecule has 21 heavy (non-hydrogen) atoms. The van der Waals surface area contributed by atoms with E-state index < -0.39 is 23.3 Å². The van der Waals surface area contributed by atoms with Crippen LogP contribution in [-0.4, -0.2) is 30.5 Å². The number of hydrogen-bond acceptors (Lipinski definition) is 3. The first kappa shape index (κ1) is 15.6. The number of aromatic nitrogens is 1. The molecule has 1 fully saturated rings. The summed E-state index contributed by atoms with van der Waals surface area (Å²) in [4.78, 5) is 25.0. The van der Waals surface area contributed by atoms with Crippen LogP contribution in [0, 0.1) is 5.92 Å². The van der Waals surface area contributed by atoms with Gasteiger partial charge in [0.2, 0.25) is 0 Å². The SMILES string of the molecule is O=C(NCCC1CCNC1)c1ccc(C(F)(F)F)[nH]c1=O. The fraction of sp³-hybridized carbons (Fsp3) is 0.538. The highest BCUT2D eigenvalue weighted by atomic mass is 19.4. The smallest absolute Gasteiger partial charge is 0.352 e. The van der Waals surface area contributed by atoms with Crippen LogP contribution in [0.15, 0.2) is 16.9 Å². The molecule has 1 aliphatic rings. The van der Waals surface area contributed by atoms with Gasteiger partial charge in [-0.3, -0.25) is 9.59 Å². The molecule has 0 saturated carbocycles. The molecule has 0 spiro atoms. The Morgan fingerprint density at radius 1 is 1.38 bits per heavy atom. The summed E-state index contributed by atoms with van der Waals surface area (Å²) in [5.74, 6) is -0.174. The molecule has 1 saturated heterocycles. The van der Waals surface area contributed by atoms with Crippen LogP contribution >= 0.6 is 0 Å². The molecule has 3 N–H and O–H groups in total. The monoisotopic (exact) mass is 303 g/mol. The number of halogens is 3. The van der Waals surface area contributed by atoms with Gasteiger partial charge in [-0.05, 0) is 44.0 Å². The van der Waals surface area contributed by atoms with Crippen molar-refractivity contribution in [2.45, 2.75) is 19.0 Å².